The molecule has 0 bridgehead atoms. The standard InChI is InChI=1S/C22H21F4N5O/c1-22(2)21-29-19(12-8-15(24)18(26)16(25)9-12)20(28-14-5-3-4-13(23)10-14)30(21)6-7-31(22)17(32)11-27/h3-5,8-10,28H,6-7,11,27H2,1-2H3. The molecule has 1 aromatic heterocycles. The normalized spacial score (nSPS) is 14.9. The molecule has 6 nitrogen and oxygen atoms in total. The van der Waals surface area contributed by atoms with Crippen LogP contribution in [-0.4, -0.2) is 33.4 Å². The minimum atomic E-state index is -1.59. The van der Waals surface area contributed by atoms with Crippen LogP contribution in [0.2, 0.25) is 0 Å². The fourth-order valence-electron chi connectivity index (χ4n) is 4.01. The third-order valence-electron chi connectivity index (χ3n) is 5.56. The van der Waals surface area contributed by atoms with Crippen LogP contribution in [0.4, 0.5) is 29.1 Å². The quantitative estimate of drug-likeness (QED) is 0.470. The Morgan fingerprint density at radius 1 is 1.12 bits per heavy atom. The van der Waals surface area contributed by atoms with Gasteiger partial charge in [-0.05, 0) is 44.2 Å². The van der Waals surface area contributed by atoms with Crippen LogP contribution in [0.15, 0.2) is 36.4 Å². The Labute approximate surface area is 181 Å². The number of carbonyl (C=O) groups is 1. The molecule has 3 aromatic rings. The van der Waals surface area contributed by atoms with Crippen LogP contribution in [0.25, 0.3) is 11.3 Å². The van der Waals surface area contributed by atoms with Crippen molar-refractivity contribution in [2.45, 2.75) is 25.9 Å². The first kappa shape index (κ1) is 21.8. The predicted molar refractivity (Wildman–Crippen MR) is 111 cm³/mol. The van der Waals surface area contributed by atoms with Crippen molar-refractivity contribution in [3.8, 4) is 11.3 Å². The summed E-state index contributed by atoms with van der Waals surface area (Å²) in [6.07, 6.45) is 0. The van der Waals surface area contributed by atoms with Crippen molar-refractivity contribution >= 4 is 17.4 Å². The first-order valence-electron chi connectivity index (χ1n) is 9.92. The van der Waals surface area contributed by atoms with E-state index in [-0.39, 0.29) is 23.7 Å². The highest BCUT2D eigenvalue weighted by Crippen LogP contribution is 2.40. The summed E-state index contributed by atoms with van der Waals surface area (Å²) >= 11 is 0. The van der Waals surface area contributed by atoms with Crippen molar-refractivity contribution in [1.82, 2.24) is 14.5 Å². The van der Waals surface area contributed by atoms with E-state index in [2.05, 4.69) is 10.3 Å². The fourth-order valence-corrected chi connectivity index (χ4v) is 4.01. The number of imidazole rings is 1. The molecule has 0 radical (unpaired) electrons. The predicted octanol–water partition coefficient (Wildman–Crippen LogP) is 3.89. The number of rotatable bonds is 4. The van der Waals surface area contributed by atoms with Crippen LogP contribution in [-0.2, 0) is 16.9 Å². The van der Waals surface area contributed by atoms with E-state index in [0.29, 0.717) is 30.4 Å². The van der Waals surface area contributed by atoms with Gasteiger partial charge in [0.05, 0.1) is 12.1 Å². The average molecular weight is 447 g/mol. The third kappa shape index (κ3) is 3.60. The lowest BCUT2D eigenvalue weighted by Gasteiger charge is -2.42. The Hall–Kier alpha value is -3.40. The first-order valence-corrected chi connectivity index (χ1v) is 9.92. The molecular weight excluding hydrogens is 426 g/mol. The van der Waals surface area contributed by atoms with Crippen molar-refractivity contribution in [3.05, 3.63) is 65.5 Å². The summed E-state index contributed by atoms with van der Waals surface area (Å²) < 4.78 is 57.1. The number of aromatic nitrogens is 2. The Morgan fingerprint density at radius 3 is 2.44 bits per heavy atom. The minimum Gasteiger partial charge on any atom is -0.340 e. The van der Waals surface area contributed by atoms with Gasteiger partial charge in [0, 0.05) is 24.3 Å². The molecule has 4 rings (SSSR count). The van der Waals surface area contributed by atoms with Gasteiger partial charge in [-0.15, -0.1) is 0 Å². The third-order valence-corrected chi connectivity index (χ3v) is 5.56. The Morgan fingerprint density at radius 2 is 1.81 bits per heavy atom. The zero-order chi connectivity index (χ0) is 23.2. The van der Waals surface area contributed by atoms with Gasteiger partial charge in [0.15, 0.2) is 17.5 Å². The highest BCUT2D eigenvalue weighted by atomic mass is 19.2. The van der Waals surface area contributed by atoms with Crippen molar-refractivity contribution in [2.24, 2.45) is 5.73 Å². The Kier molecular flexibility index (Phi) is 5.41. The van der Waals surface area contributed by atoms with E-state index < -0.39 is 28.8 Å². The molecule has 0 aliphatic carbocycles. The number of amides is 1. The van der Waals surface area contributed by atoms with E-state index in [0.717, 1.165) is 12.1 Å². The molecule has 1 amide bonds. The van der Waals surface area contributed by atoms with Crippen molar-refractivity contribution < 1.29 is 22.4 Å². The number of benzene rings is 2. The first-order chi connectivity index (χ1) is 15.1. The van der Waals surface area contributed by atoms with Gasteiger partial charge in [0.25, 0.3) is 0 Å². The molecule has 0 saturated heterocycles. The van der Waals surface area contributed by atoms with Gasteiger partial charge in [0.1, 0.15) is 23.2 Å². The molecule has 1 aliphatic rings. The second-order valence-electron chi connectivity index (χ2n) is 7.98. The van der Waals surface area contributed by atoms with Gasteiger partial charge in [-0.3, -0.25) is 4.79 Å². The van der Waals surface area contributed by atoms with E-state index in [1.54, 1.807) is 29.4 Å². The van der Waals surface area contributed by atoms with E-state index in [1.807, 2.05) is 0 Å². The SMILES string of the molecule is CC1(C)c2nc(-c3cc(F)c(F)c(F)c3)c(Nc3cccc(F)c3)n2CCN1C(=O)CN. The second-order valence-corrected chi connectivity index (χ2v) is 7.98. The summed E-state index contributed by atoms with van der Waals surface area (Å²) in [4.78, 5) is 18.5. The van der Waals surface area contributed by atoms with Crippen molar-refractivity contribution in [3.63, 3.8) is 0 Å². The molecule has 3 N–H and O–H groups in total. The zero-order valence-electron chi connectivity index (χ0n) is 17.4. The molecule has 168 valence electrons. The second kappa shape index (κ2) is 7.94. The van der Waals surface area contributed by atoms with E-state index in [9.17, 15) is 22.4 Å². The van der Waals surface area contributed by atoms with Crippen LogP contribution >= 0.6 is 0 Å². The number of halogens is 4. The van der Waals surface area contributed by atoms with Crippen LogP contribution in [0.3, 0.4) is 0 Å². The van der Waals surface area contributed by atoms with Crippen LogP contribution in [0.1, 0.15) is 19.7 Å². The zero-order valence-corrected chi connectivity index (χ0v) is 17.4. The largest absolute Gasteiger partial charge is 0.340 e. The lowest BCUT2D eigenvalue weighted by Crippen LogP contribution is -2.53. The molecular formula is C22H21F4N5O. The maximum absolute atomic E-state index is 14.0. The molecule has 32 heavy (non-hydrogen) atoms. The molecule has 1 aliphatic heterocycles. The smallest absolute Gasteiger partial charge is 0.237 e. The highest BCUT2D eigenvalue weighted by Gasteiger charge is 2.41. The highest BCUT2D eigenvalue weighted by molar-refractivity contribution is 5.80. The van der Waals surface area contributed by atoms with Crippen LogP contribution in [0.5, 0.6) is 0 Å². The average Bonchev–Trinajstić information content (AvgIpc) is 3.11. The van der Waals surface area contributed by atoms with Gasteiger partial charge in [0.2, 0.25) is 5.91 Å². The molecule has 10 heteroatoms. The summed E-state index contributed by atoms with van der Waals surface area (Å²) in [6.45, 7) is 4.00. The molecule has 2 heterocycles. The van der Waals surface area contributed by atoms with Crippen molar-refractivity contribution in [1.29, 1.82) is 0 Å². The monoisotopic (exact) mass is 447 g/mol. The fraction of sp³-hybridized carbons (Fsp3) is 0.273. The maximum atomic E-state index is 14.0. The van der Waals surface area contributed by atoms with E-state index in [4.69, 9.17) is 5.73 Å². The van der Waals surface area contributed by atoms with Crippen LogP contribution in [0, 0.1) is 23.3 Å². The van der Waals surface area contributed by atoms with Crippen LogP contribution < -0.4 is 11.1 Å². The van der Waals surface area contributed by atoms with Gasteiger partial charge < -0.3 is 20.5 Å². The molecule has 0 unspecified atom stereocenters. The number of nitrogens with two attached hydrogens (primary N) is 1. The maximum Gasteiger partial charge on any atom is 0.237 e. The van der Waals surface area contributed by atoms with E-state index in [1.165, 1.54) is 18.2 Å². The van der Waals surface area contributed by atoms with Crippen molar-refractivity contribution in [2.75, 3.05) is 18.4 Å². The molecule has 0 spiro atoms. The lowest BCUT2D eigenvalue weighted by molar-refractivity contribution is -0.137. The lowest BCUT2D eigenvalue weighted by atomic mass is 9.99. The molecule has 0 atom stereocenters. The number of nitrogens with zero attached hydrogens (tertiary/aromatic N) is 3. The Balaban J connectivity index is 1.91. The summed E-state index contributed by atoms with van der Waals surface area (Å²) in [6, 6.07) is 7.36. The number of carbonyl (C=O) groups excluding carboxylic acids is 1. The topological polar surface area (TPSA) is 76.2 Å². The number of hydrogen-bond acceptors (Lipinski definition) is 4. The number of fused-ring (bicyclic) bond motifs is 1. The van der Waals surface area contributed by atoms with Gasteiger partial charge in [-0.2, -0.15) is 0 Å². The van der Waals surface area contributed by atoms with Gasteiger partial charge in [-0.25, -0.2) is 22.5 Å². The van der Waals surface area contributed by atoms with E-state index >= 15 is 0 Å². The summed E-state index contributed by atoms with van der Waals surface area (Å²) in [5.41, 5.74) is 5.16. The minimum absolute atomic E-state index is 0.00490. The summed E-state index contributed by atoms with van der Waals surface area (Å²) in [7, 11) is 0. The number of nitrogens with one attached hydrogen (secondary N) is 1. The van der Waals surface area contributed by atoms with Gasteiger partial charge >= 0.3 is 0 Å². The number of anilines is 2. The summed E-state index contributed by atoms with van der Waals surface area (Å²) in [5.74, 6) is -4.28. The molecule has 0 fully saturated rings. The summed E-state index contributed by atoms with van der Waals surface area (Å²) in [5, 5.41) is 3.06. The van der Waals surface area contributed by atoms with Gasteiger partial charge in [-0.1, -0.05) is 6.07 Å². The molecule has 2 aromatic carbocycles. The molecule has 0 saturated carbocycles. The number of hydrogen-bond donors (Lipinski definition) is 2. The Bertz CT molecular complexity index is 1180.